The summed E-state index contributed by atoms with van der Waals surface area (Å²) in [6.07, 6.45) is 12.2. The topological polar surface area (TPSA) is 0 Å². The summed E-state index contributed by atoms with van der Waals surface area (Å²) >= 11 is 6.38. The molecule has 0 aliphatic rings. The van der Waals surface area contributed by atoms with Gasteiger partial charge in [0.05, 0.1) is 8.07 Å². The lowest BCUT2D eigenvalue weighted by molar-refractivity contribution is 0.579. The number of halogens is 1. The first-order valence-corrected chi connectivity index (χ1v) is 13.9. The number of unbranched alkanes of at least 4 members (excludes halogenated alkanes) is 7. The van der Waals surface area contributed by atoms with E-state index in [1.54, 1.807) is 5.20 Å². The zero-order valence-corrected chi connectivity index (χ0v) is 18.1. The van der Waals surface area contributed by atoms with Crippen LogP contribution in [0.15, 0.2) is 35.5 Å². The van der Waals surface area contributed by atoms with Gasteiger partial charge in [0.25, 0.3) is 0 Å². The lowest BCUT2D eigenvalue weighted by atomic mass is 9.98. The molecule has 0 fully saturated rings. The van der Waals surface area contributed by atoms with Crippen LogP contribution in [0.4, 0.5) is 0 Å². The second kappa shape index (κ2) is 11.9. The van der Waals surface area contributed by atoms with Gasteiger partial charge in [-0.3, -0.25) is 0 Å². The Labute approximate surface area is 156 Å². The Bertz CT molecular complexity index is 470. The highest BCUT2D eigenvalue weighted by Gasteiger charge is 2.23. The summed E-state index contributed by atoms with van der Waals surface area (Å²) in [4.78, 5) is 0. The Morgan fingerprint density at radius 2 is 1.38 bits per heavy atom. The Kier molecular flexibility index (Phi) is 10.7. The molecule has 0 aromatic heterocycles. The van der Waals surface area contributed by atoms with Gasteiger partial charge in [0, 0.05) is 5.88 Å². The normalized spacial score (nSPS) is 13.0. The van der Waals surface area contributed by atoms with E-state index in [9.17, 15) is 0 Å². The number of benzene rings is 1. The monoisotopic (exact) mass is 364 g/mol. The molecule has 0 bridgehead atoms. The van der Waals surface area contributed by atoms with Gasteiger partial charge in [0.2, 0.25) is 0 Å². The molecule has 0 heterocycles. The van der Waals surface area contributed by atoms with Crippen LogP contribution in [0.2, 0.25) is 19.6 Å². The number of hydrogen-bond acceptors (Lipinski definition) is 0. The molecule has 136 valence electrons. The first-order valence-electron chi connectivity index (χ1n) is 9.84. The van der Waals surface area contributed by atoms with Crippen LogP contribution in [-0.4, -0.2) is 14.0 Å². The van der Waals surface area contributed by atoms with E-state index in [-0.39, 0.29) is 0 Å². The molecule has 0 aliphatic carbocycles. The van der Waals surface area contributed by atoms with Gasteiger partial charge in [0.1, 0.15) is 0 Å². The molecule has 0 aliphatic heterocycles. The smallest absolute Gasteiger partial charge is 0.0743 e. The standard InChI is InChI=1S/C22H37ClSi/c1-5-6-7-8-9-10-11-15-18-21(20-16-13-12-14-17-20)22(19-23)24(2,3)4/h12-14,16-17H,5-11,15,18-19H2,1-4H3/b22-21+. The van der Waals surface area contributed by atoms with Crippen LogP contribution in [0.3, 0.4) is 0 Å². The van der Waals surface area contributed by atoms with Gasteiger partial charge < -0.3 is 0 Å². The Balaban J connectivity index is 2.63. The van der Waals surface area contributed by atoms with Crippen molar-refractivity contribution in [1.82, 2.24) is 0 Å². The Morgan fingerprint density at radius 1 is 0.833 bits per heavy atom. The van der Waals surface area contributed by atoms with Gasteiger partial charge >= 0.3 is 0 Å². The van der Waals surface area contributed by atoms with E-state index in [0.717, 1.165) is 0 Å². The van der Waals surface area contributed by atoms with Crippen LogP contribution in [0.1, 0.15) is 70.3 Å². The maximum absolute atomic E-state index is 6.38. The molecule has 0 saturated carbocycles. The summed E-state index contributed by atoms with van der Waals surface area (Å²) in [5.41, 5.74) is 2.93. The highest BCUT2D eigenvalue weighted by molar-refractivity contribution is 6.84. The first kappa shape index (κ1) is 21.5. The number of rotatable bonds is 12. The fraction of sp³-hybridized carbons (Fsp3) is 0.636. The molecule has 24 heavy (non-hydrogen) atoms. The van der Waals surface area contributed by atoms with Crippen molar-refractivity contribution in [2.75, 3.05) is 5.88 Å². The Hall–Kier alpha value is -0.533. The molecular weight excluding hydrogens is 328 g/mol. The molecule has 1 aromatic rings. The second-order valence-electron chi connectivity index (χ2n) is 7.93. The predicted molar refractivity (Wildman–Crippen MR) is 115 cm³/mol. The average molecular weight is 365 g/mol. The quantitative estimate of drug-likeness (QED) is 0.199. The molecular formula is C22H37ClSi. The minimum atomic E-state index is -1.38. The third-order valence-corrected chi connectivity index (χ3v) is 7.59. The summed E-state index contributed by atoms with van der Waals surface area (Å²) in [7, 11) is -1.38. The summed E-state index contributed by atoms with van der Waals surface area (Å²) in [6, 6.07) is 10.9. The van der Waals surface area contributed by atoms with E-state index in [2.05, 4.69) is 56.9 Å². The minimum Gasteiger partial charge on any atom is -0.122 e. The van der Waals surface area contributed by atoms with E-state index in [4.69, 9.17) is 11.6 Å². The van der Waals surface area contributed by atoms with Crippen molar-refractivity contribution >= 4 is 25.2 Å². The molecule has 0 nitrogen and oxygen atoms in total. The fourth-order valence-corrected chi connectivity index (χ4v) is 6.22. The van der Waals surface area contributed by atoms with Crippen molar-refractivity contribution < 1.29 is 0 Å². The third kappa shape index (κ3) is 8.03. The van der Waals surface area contributed by atoms with E-state index in [1.807, 2.05) is 0 Å². The lowest BCUT2D eigenvalue weighted by Gasteiger charge is -2.24. The van der Waals surface area contributed by atoms with Crippen molar-refractivity contribution in [3.8, 4) is 0 Å². The van der Waals surface area contributed by atoms with Crippen LogP contribution in [0.25, 0.3) is 5.57 Å². The maximum Gasteiger partial charge on any atom is 0.0743 e. The molecule has 1 rings (SSSR count). The van der Waals surface area contributed by atoms with Crippen molar-refractivity contribution in [2.24, 2.45) is 0 Å². The van der Waals surface area contributed by atoms with E-state index >= 15 is 0 Å². The zero-order valence-electron chi connectivity index (χ0n) is 16.3. The molecule has 0 radical (unpaired) electrons. The molecule has 0 N–H and O–H groups in total. The Morgan fingerprint density at radius 3 is 1.88 bits per heavy atom. The lowest BCUT2D eigenvalue weighted by Crippen LogP contribution is -2.26. The number of allylic oxidation sites excluding steroid dienone is 2. The fourth-order valence-electron chi connectivity index (χ4n) is 3.28. The highest BCUT2D eigenvalue weighted by Crippen LogP contribution is 2.31. The van der Waals surface area contributed by atoms with Gasteiger partial charge in [-0.15, -0.1) is 11.6 Å². The zero-order chi connectivity index (χ0) is 17.8. The van der Waals surface area contributed by atoms with E-state index in [1.165, 1.54) is 68.9 Å². The van der Waals surface area contributed by atoms with Crippen LogP contribution in [0, 0.1) is 0 Å². The van der Waals surface area contributed by atoms with Crippen molar-refractivity contribution in [2.45, 2.75) is 84.4 Å². The summed E-state index contributed by atoms with van der Waals surface area (Å²) in [5, 5.41) is 1.54. The van der Waals surface area contributed by atoms with Crippen molar-refractivity contribution in [3.63, 3.8) is 0 Å². The molecule has 0 atom stereocenters. The van der Waals surface area contributed by atoms with E-state index < -0.39 is 8.07 Å². The average Bonchev–Trinajstić information content (AvgIpc) is 2.56. The van der Waals surface area contributed by atoms with Crippen molar-refractivity contribution in [1.29, 1.82) is 0 Å². The highest BCUT2D eigenvalue weighted by atomic mass is 35.5. The third-order valence-electron chi connectivity index (χ3n) is 4.81. The number of hydrogen-bond donors (Lipinski definition) is 0. The van der Waals surface area contributed by atoms with Crippen LogP contribution < -0.4 is 0 Å². The minimum absolute atomic E-state index is 0.691. The molecule has 0 saturated heterocycles. The van der Waals surface area contributed by atoms with E-state index in [0.29, 0.717) is 5.88 Å². The summed E-state index contributed by atoms with van der Waals surface area (Å²) in [6.45, 7) is 9.54. The summed E-state index contributed by atoms with van der Waals surface area (Å²) < 4.78 is 0. The molecule has 0 spiro atoms. The SMILES string of the molecule is CCCCCCCCCC/C(=C(/CCl)[Si](C)(C)C)c1ccccc1. The first-order chi connectivity index (χ1) is 11.5. The van der Waals surface area contributed by atoms with Gasteiger partial charge in [-0.2, -0.15) is 0 Å². The van der Waals surface area contributed by atoms with Crippen LogP contribution >= 0.6 is 11.6 Å². The molecule has 0 amide bonds. The van der Waals surface area contributed by atoms with Gasteiger partial charge in [-0.25, -0.2) is 0 Å². The molecule has 1 aromatic carbocycles. The largest absolute Gasteiger partial charge is 0.122 e. The van der Waals surface area contributed by atoms with Crippen LogP contribution in [0.5, 0.6) is 0 Å². The van der Waals surface area contributed by atoms with Gasteiger partial charge in [-0.05, 0) is 24.0 Å². The predicted octanol–water partition coefficient (Wildman–Crippen LogP) is 8.09. The van der Waals surface area contributed by atoms with Crippen molar-refractivity contribution in [3.05, 3.63) is 41.1 Å². The summed E-state index contributed by atoms with van der Waals surface area (Å²) in [5.74, 6) is 0.691. The molecule has 0 unspecified atom stereocenters. The second-order valence-corrected chi connectivity index (χ2v) is 13.3. The van der Waals surface area contributed by atoms with Gasteiger partial charge in [-0.1, -0.05) is 107 Å². The number of alkyl halides is 1. The maximum atomic E-state index is 6.38. The molecule has 2 heteroatoms. The van der Waals surface area contributed by atoms with Gasteiger partial charge in [0.15, 0.2) is 0 Å². The van der Waals surface area contributed by atoms with Crippen LogP contribution in [-0.2, 0) is 0 Å².